The van der Waals surface area contributed by atoms with Gasteiger partial charge in [0.25, 0.3) is 0 Å². The fourth-order valence-corrected chi connectivity index (χ4v) is 2.92. The molecule has 1 N–H and O–H groups in total. The van der Waals surface area contributed by atoms with Gasteiger partial charge in [-0.15, -0.1) is 0 Å². The Bertz CT molecular complexity index is 703. The Labute approximate surface area is 140 Å². The lowest BCUT2D eigenvalue weighted by Crippen LogP contribution is -2.35. The third-order valence-corrected chi connectivity index (χ3v) is 4.65. The Morgan fingerprint density at radius 3 is 2.30 bits per heavy atom. The molecule has 3 nitrogen and oxygen atoms in total. The van der Waals surface area contributed by atoms with Crippen molar-refractivity contribution in [3.05, 3.63) is 70.2 Å². The lowest BCUT2D eigenvalue weighted by molar-refractivity contribution is -0.123. The van der Waals surface area contributed by atoms with Gasteiger partial charge in [-0.25, -0.2) is 0 Å². The van der Waals surface area contributed by atoms with Crippen LogP contribution in [0, 0.1) is 0 Å². The second-order valence-corrected chi connectivity index (χ2v) is 6.39. The molecule has 0 bridgehead atoms. The van der Waals surface area contributed by atoms with E-state index in [2.05, 4.69) is 5.32 Å². The Morgan fingerprint density at radius 2 is 1.74 bits per heavy atom. The van der Waals surface area contributed by atoms with Crippen molar-refractivity contribution in [2.45, 2.75) is 24.7 Å². The van der Waals surface area contributed by atoms with E-state index < -0.39 is 0 Å². The van der Waals surface area contributed by atoms with E-state index in [0.29, 0.717) is 17.1 Å². The van der Waals surface area contributed by atoms with Crippen LogP contribution in [0.2, 0.25) is 5.02 Å². The van der Waals surface area contributed by atoms with Gasteiger partial charge in [0.05, 0.1) is 5.41 Å². The molecule has 1 fully saturated rings. The first-order valence-electron chi connectivity index (χ1n) is 7.72. The van der Waals surface area contributed by atoms with E-state index >= 15 is 0 Å². The number of nitrogens with one attached hydrogen (secondary N) is 1. The van der Waals surface area contributed by atoms with E-state index in [1.165, 1.54) is 0 Å². The molecule has 0 radical (unpaired) electrons. The SMILES string of the molecule is O=Cc1ccc(CCNC(=O)C2(c3ccc(Cl)cc3)CC2)cc1. The average Bonchev–Trinajstić information content (AvgIpc) is 3.38. The van der Waals surface area contributed by atoms with E-state index in [1.54, 1.807) is 12.1 Å². The number of rotatable bonds is 6. The second kappa shape index (κ2) is 6.55. The van der Waals surface area contributed by atoms with Gasteiger partial charge in [0.2, 0.25) is 5.91 Å². The number of halogens is 1. The van der Waals surface area contributed by atoms with Gasteiger partial charge in [0.15, 0.2) is 0 Å². The van der Waals surface area contributed by atoms with Gasteiger partial charge in [-0.05, 0) is 42.5 Å². The topological polar surface area (TPSA) is 46.2 Å². The van der Waals surface area contributed by atoms with Crippen LogP contribution in [-0.4, -0.2) is 18.7 Å². The molecule has 23 heavy (non-hydrogen) atoms. The first-order valence-corrected chi connectivity index (χ1v) is 8.10. The molecule has 0 aliphatic heterocycles. The normalized spacial score (nSPS) is 15.0. The monoisotopic (exact) mass is 327 g/mol. The Morgan fingerprint density at radius 1 is 1.09 bits per heavy atom. The van der Waals surface area contributed by atoms with Crippen molar-refractivity contribution in [3.63, 3.8) is 0 Å². The number of benzene rings is 2. The van der Waals surface area contributed by atoms with E-state index in [0.717, 1.165) is 36.7 Å². The molecule has 4 heteroatoms. The smallest absolute Gasteiger partial charge is 0.230 e. The van der Waals surface area contributed by atoms with Crippen LogP contribution in [0.15, 0.2) is 48.5 Å². The largest absolute Gasteiger partial charge is 0.355 e. The molecule has 1 aliphatic carbocycles. The van der Waals surface area contributed by atoms with Crippen molar-refractivity contribution >= 4 is 23.8 Å². The fourth-order valence-electron chi connectivity index (χ4n) is 2.79. The summed E-state index contributed by atoms with van der Waals surface area (Å²) < 4.78 is 0. The van der Waals surface area contributed by atoms with Crippen molar-refractivity contribution in [1.82, 2.24) is 5.32 Å². The number of amides is 1. The van der Waals surface area contributed by atoms with Gasteiger partial charge < -0.3 is 5.32 Å². The summed E-state index contributed by atoms with van der Waals surface area (Å²) in [5.74, 6) is 0.0873. The lowest BCUT2D eigenvalue weighted by atomic mass is 9.95. The van der Waals surface area contributed by atoms with Crippen molar-refractivity contribution in [3.8, 4) is 0 Å². The molecule has 1 amide bonds. The summed E-state index contributed by atoms with van der Waals surface area (Å²) >= 11 is 5.91. The highest BCUT2D eigenvalue weighted by Crippen LogP contribution is 2.48. The molecule has 0 aromatic heterocycles. The van der Waals surface area contributed by atoms with Crippen LogP contribution in [0.1, 0.15) is 34.3 Å². The van der Waals surface area contributed by atoms with Gasteiger partial charge in [-0.2, -0.15) is 0 Å². The summed E-state index contributed by atoms with van der Waals surface area (Å²) in [5.41, 5.74) is 2.44. The third kappa shape index (κ3) is 3.45. The highest BCUT2D eigenvalue weighted by Gasteiger charge is 2.50. The van der Waals surface area contributed by atoms with Crippen LogP contribution in [0.5, 0.6) is 0 Å². The molecule has 2 aromatic carbocycles. The quantitative estimate of drug-likeness (QED) is 0.825. The van der Waals surface area contributed by atoms with E-state index in [-0.39, 0.29) is 11.3 Å². The minimum absolute atomic E-state index is 0.0873. The summed E-state index contributed by atoms with van der Waals surface area (Å²) in [7, 11) is 0. The zero-order chi connectivity index (χ0) is 16.3. The predicted molar refractivity (Wildman–Crippen MR) is 90.9 cm³/mol. The number of carbonyl (C=O) groups is 2. The van der Waals surface area contributed by atoms with Crippen LogP contribution >= 0.6 is 11.6 Å². The van der Waals surface area contributed by atoms with Crippen molar-refractivity contribution in [2.24, 2.45) is 0 Å². The summed E-state index contributed by atoms with van der Waals surface area (Å²) in [5, 5.41) is 3.72. The van der Waals surface area contributed by atoms with Crippen LogP contribution in [0.25, 0.3) is 0 Å². The zero-order valence-corrected chi connectivity index (χ0v) is 13.5. The minimum atomic E-state index is -0.369. The molecule has 1 aliphatic rings. The Hall–Kier alpha value is -2.13. The molecule has 0 saturated heterocycles. The van der Waals surface area contributed by atoms with E-state index in [9.17, 15) is 9.59 Å². The van der Waals surface area contributed by atoms with E-state index in [1.807, 2.05) is 36.4 Å². The summed E-state index contributed by atoms with van der Waals surface area (Å²) in [4.78, 5) is 23.1. The van der Waals surface area contributed by atoms with E-state index in [4.69, 9.17) is 11.6 Å². The van der Waals surface area contributed by atoms with Gasteiger partial charge in [0, 0.05) is 17.1 Å². The number of aldehydes is 1. The molecule has 0 unspecified atom stereocenters. The van der Waals surface area contributed by atoms with Gasteiger partial charge in [-0.1, -0.05) is 48.0 Å². The number of carbonyl (C=O) groups excluding carboxylic acids is 2. The van der Waals surface area contributed by atoms with Crippen molar-refractivity contribution < 1.29 is 9.59 Å². The Balaban J connectivity index is 1.56. The summed E-state index contributed by atoms with van der Waals surface area (Å²) in [6.45, 7) is 0.592. The van der Waals surface area contributed by atoms with Gasteiger partial charge >= 0.3 is 0 Å². The summed E-state index contributed by atoms with van der Waals surface area (Å²) in [6, 6.07) is 15.0. The molecule has 0 atom stereocenters. The second-order valence-electron chi connectivity index (χ2n) is 5.95. The lowest BCUT2D eigenvalue weighted by Gasteiger charge is -2.16. The van der Waals surface area contributed by atoms with Crippen molar-refractivity contribution in [2.75, 3.05) is 6.54 Å². The molecular formula is C19H18ClNO2. The molecule has 3 rings (SSSR count). The highest BCUT2D eigenvalue weighted by molar-refractivity contribution is 6.30. The van der Waals surface area contributed by atoms with Crippen LogP contribution in [0.4, 0.5) is 0 Å². The first-order chi connectivity index (χ1) is 11.1. The standard InChI is InChI=1S/C19H18ClNO2/c20-17-7-5-16(6-8-17)19(10-11-19)18(23)21-12-9-14-1-3-15(13-22)4-2-14/h1-8,13H,9-12H2,(H,21,23). The minimum Gasteiger partial charge on any atom is -0.355 e. The van der Waals surface area contributed by atoms with Crippen LogP contribution < -0.4 is 5.32 Å². The molecule has 0 spiro atoms. The highest BCUT2D eigenvalue weighted by atomic mass is 35.5. The molecule has 118 valence electrons. The predicted octanol–water partition coefficient (Wildman–Crippen LogP) is 3.54. The van der Waals surface area contributed by atoms with Crippen LogP contribution in [-0.2, 0) is 16.6 Å². The molecule has 0 heterocycles. The Kier molecular flexibility index (Phi) is 4.49. The maximum atomic E-state index is 12.5. The molecule has 1 saturated carbocycles. The zero-order valence-electron chi connectivity index (χ0n) is 12.7. The molecule has 2 aromatic rings. The third-order valence-electron chi connectivity index (χ3n) is 4.40. The fraction of sp³-hybridized carbons (Fsp3) is 0.263. The number of hydrogen-bond donors (Lipinski definition) is 1. The van der Waals surface area contributed by atoms with Gasteiger partial charge in [-0.3, -0.25) is 9.59 Å². The summed E-state index contributed by atoms with van der Waals surface area (Å²) in [6.07, 6.45) is 3.35. The molecular weight excluding hydrogens is 310 g/mol. The number of hydrogen-bond acceptors (Lipinski definition) is 2. The van der Waals surface area contributed by atoms with Crippen LogP contribution in [0.3, 0.4) is 0 Å². The van der Waals surface area contributed by atoms with Crippen molar-refractivity contribution in [1.29, 1.82) is 0 Å². The maximum Gasteiger partial charge on any atom is 0.230 e. The average molecular weight is 328 g/mol. The van der Waals surface area contributed by atoms with Gasteiger partial charge in [0.1, 0.15) is 6.29 Å². The maximum absolute atomic E-state index is 12.5. The first kappa shape index (κ1) is 15.8.